The highest BCUT2D eigenvalue weighted by Gasteiger charge is 2.44. The monoisotopic (exact) mass is 372 g/mol. The fourth-order valence-corrected chi connectivity index (χ4v) is 3.36. The van der Waals surface area contributed by atoms with Crippen LogP contribution in [0.3, 0.4) is 0 Å². The Kier molecular flexibility index (Phi) is 5.04. The van der Waals surface area contributed by atoms with Crippen molar-refractivity contribution in [3.8, 4) is 29.2 Å². The molecule has 1 saturated carbocycles. The molecular formula is C21H15F3O3. The van der Waals surface area contributed by atoms with Gasteiger partial charge in [-0.3, -0.25) is 9.59 Å². The minimum atomic E-state index is -1.28. The summed E-state index contributed by atoms with van der Waals surface area (Å²) in [5.41, 5.74) is 0.301. The molecular weight excluding hydrogens is 357 g/mol. The summed E-state index contributed by atoms with van der Waals surface area (Å²) in [4.78, 5) is 24.9. The van der Waals surface area contributed by atoms with Crippen molar-refractivity contribution in [1.29, 1.82) is 0 Å². The van der Waals surface area contributed by atoms with Gasteiger partial charge in [0.15, 0.2) is 17.4 Å². The van der Waals surface area contributed by atoms with Gasteiger partial charge in [-0.05, 0) is 35.4 Å². The van der Waals surface area contributed by atoms with E-state index in [1.54, 1.807) is 0 Å². The van der Waals surface area contributed by atoms with Crippen molar-refractivity contribution in [1.82, 2.24) is 0 Å². The number of terminal acetylenes is 1. The second-order valence-electron chi connectivity index (χ2n) is 6.31. The Morgan fingerprint density at radius 2 is 1.78 bits per heavy atom. The molecule has 1 fully saturated rings. The normalized spacial score (nSPS) is 19.2. The molecule has 0 amide bonds. The van der Waals surface area contributed by atoms with E-state index in [9.17, 15) is 22.8 Å². The van der Waals surface area contributed by atoms with Gasteiger partial charge in [-0.25, -0.2) is 13.2 Å². The Balaban J connectivity index is 2.08. The minimum Gasteiger partial charge on any atom is -0.496 e. The van der Waals surface area contributed by atoms with Gasteiger partial charge in [0.1, 0.15) is 23.3 Å². The fourth-order valence-electron chi connectivity index (χ4n) is 3.36. The van der Waals surface area contributed by atoms with Crippen molar-refractivity contribution in [2.45, 2.75) is 18.8 Å². The summed E-state index contributed by atoms with van der Waals surface area (Å²) in [6, 6.07) is 5.61. The molecule has 2 atom stereocenters. The van der Waals surface area contributed by atoms with Gasteiger partial charge in [-0.2, -0.15) is 0 Å². The van der Waals surface area contributed by atoms with Crippen LogP contribution in [0.1, 0.15) is 24.3 Å². The Bertz CT molecular complexity index is 975. The van der Waals surface area contributed by atoms with Crippen LogP contribution in [-0.2, 0) is 9.59 Å². The van der Waals surface area contributed by atoms with Crippen LogP contribution in [0.2, 0.25) is 0 Å². The lowest BCUT2D eigenvalue weighted by atomic mass is 9.90. The number of Topliss-reactive ketones (excluding diaryl/α,β-unsaturated/α-hetero) is 2. The summed E-state index contributed by atoms with van der Waals surface area (Å²) in [6.07, 6.45) is 5.29. The zero-order chi connectivity index (χ0) is 19.7. The summed E-state index contributed by atoms with van der Waals surface area (Å²) in [7, 11) is 1.27. The molecule has 0 saturated heterocycles. The smallest absolute Gasteiger partial charge is 0.159 e. The fraction of sp³-hybridized carbons (Fsp3) is 0.238. The molecule has 0 heterocycles. The number of carbonyl (C=O) groups is 2. The largest absolute Gasteiger partial charge is 0.496 e. The molecule has 3 nitrogen and oxygen atoms in total. The van der Waals surface area contributed by atoms with Crippen molar-refractivity contribution < 1.29 is 27.5 Å². The molecule has 1 aliphatic carbocycles. The third-order valence-electron chi connectivity index (χ3n) is 4.67. The highest BCUT2D eigenvalue weighted by atomic mass is 19.2. The van der Waals surface area contributed by atoms with E-state index in [0.717, 1.165) is 18.2 Å². The predicted octanol–water partition coefficient (Wildman–Crippen LogP) is 4.04. The molecule has 2 aromatic carbocycles. The van der Waals surface area contributed by atoms with E-state index in [1.165, 1.54) is 19.2 Å². The number of halogens is 3. The van der Waals surface area contributed by atoms with Gasteiger partial charge >= 0.3 is 0 Å². The van der Waals surface area contributed by atoms with Crippen molar-refractivity contribution >= 4 is 11.6 Å². The zero-order valence-corrected chi connectivity index (χ0v) is 14.4. The summed E-state index contributed by atoms with van der Waals surface area (Å²) in [6.45, 7) is 0. The van der Waals surface area contributed by atoms with Crippen molar-refractivity contribution in [2.24, 2.45) is 5.92 Å². The van der Waals surface area contributed by atoms with Crippen LogP contribution >= 0.6 is 0 Å². The quantitative estimate of drug-likeness (QED) is 0.601. The van der Waals surface area contributed by atoms with E-state index in [2.05, 4.69) is 5.92 Å². The summed E-state index contributed by atoms with van der Waals surface area (Å²) >= 11 is 0. The lowest BCUT2D eigenvalue weighted by Crippen LogP contribution is -2.17. The van der Waals surface area contributed by atoms with E-state index in [4.69, 9.17) is 11.2 Å². The van der Waals surface area contributed by atoms with Crippen LogP contribution in [0.4, 0.5) is 13.2 Å². The Morgan fingerprint density at radius 1 is 1.07 bits per heavy atom. The first kappa shape index (κ1) is 18.7. The van der Waals surface area contributed by atoms with Crippen LogP contribution in [0.15, 0.2) is 30.3 Å². The van der Waals surface area contributed by atoms with E-state index in [0.29, 0.717) is 0 Å². The highest BCUT2D eigenvalue weighted by molar-refractivity contribution is 6.15. The van der Waals surface area contributed by atoms with Gasteiger partial charge in [0.05, 0.1) is 7.11 Å². The van der Waals surface area contributed by atoms with Crippen LogP contribution in [0, 0.1) is 35.7 Å². The van der Waals surface area contributed by atoms with E-state index in [1.807, 2.05) is 0 Å². The van der Waals surface area contributed by atoms with Crippen LogP contribution in [0.5, 0.6) is 5.75 Å². The molecule has 2 aromatic rings. The number of ether oxygens (including phenoxy) is 1. The maximum absolute atomic E-state index is 14.9. The lowest BCUT2D eigenvalue weighted by molar-refractivity contribution is -0.124. The average molecular weight is 372 g/mol. The Labute approximate surface area is 154 Å². The third kappa shape index (κ3) is 3.33. The van der Waals surface area contributed by atoms with Gasteiger partial charge in [-0.1, -0.05) is 6.07 Å². The molecule has 1 aliphatic rings. The number of rotatable bonds is 4. The molecule has 3 rings (SSSR count). The standard InChI is InChI=1S/C21H15F3O3/c1-3-4-12-9-17(25)20(21(12)26)19-16(24)8-13(10-18(19)27-2)11-5-6-14(22)15(23)7-11/h1,5-8,10,12,20H,4,9H2,2H3. The van der Waals surface area contributed by atoms with E-state index in [-0.39, 0.29) is 35.3 Å². The first-order valence-electron chi connectivity index (χ1n) is 8.20. The first-order valence-corrected chi connectivity index (χ1v) is 8.20. The van der Waals surface area contributed by atoms with Crippen LogP contribution in [-0.4, -0.2) is 18.7 Å². The van der Waals surface area contributed by atoms with Crippen LogP contribution < -0.4 is 4.74 Å². The van der Waals surface area contributed by atoms with Crippen molar-refractivity contribution in [3.63, 3.8) is 0 Å². The van der Waals surface area contributed by atoms with Crippen molar-refractivity contribution in [2.75, 3.05) is 7.11 Å². The molecule has 0 radical (unpaired) electrons. The Hall–Kier alpha value is -3.07. The molecule has 0 N–H and O–H groups in total. The van der Waals surface area contributed by atoms with Gasteiger partial charge < -0.3 is 4.74 Å². The summed E-state index contributed by atoms with van der Waals surface area (Å²) in [5, 5.41) is 0. The summed E-state index contributed by atoms with van der Waals surface area (Å²) < 4.78 is 46.7. The van der Waals surface area contributed by atoms with Crippen molar-refractivity contribution in [3.05, 3.63) is 53.3 Å². The number of hydrogen-bond donors (Lipinski definition) is 0. The zero-order valence-electron chi connectivity index (χ0n) is 14.4. The molecule has 0 bridgehead atoms. The third-order valence-corrected chi connectivity index (χ3v) is 4.67. The van der Waals surface area contributed by atoms with Gasteiger partial charge in [0.25, 0.3) is 0 Å². The maximum Gasteiger partial charge on any atom is 0.159 e. The second-order valence-corrected chi connectivity index (χ2v) is 6.31. The number of methoxy groups -OCH3 is 1. The van der Waals surface area contributed by atoms with Gasteiger partial charge in [-0.15, -0.1) is 12.3 Å². The van der Waals surface area contributed by atoms with Gasteiger partial charge in [0, 0.05) is 24.3 Å². The molecule has 0 spiro atoms. The second kappa shape index (κ2) is 7.28. The number of benzene rings is 2. The molecule has 27 heavy (non-hydrogen) atoms. The van der Waals surface area contributed by atoms with Gasteiger partial charge in [0.2, 0.25) is 0 Å². The first-order chi connectivity index (χ1) is 12.9. The molecule has 0 aromatic heterocycles. The average Bonchev–Trinajstić information content (AvgIpc) is 2.91. The minimum absolute atomic E-state index is 0.0113. The van der Waals surface area contributed by atoms with E-state index >= 15 is 0 Å². The topological polar surface area (TPSA) is 43.4 Å². The Morgan fingerprint density at radius 3 is 2.41 bits per heavy atom. The molecule has 138 valence electrons. The number of hydrogen-bond acceptors (Lipinski definition) is 3. The lowest BCUT2D eigenvalue weighted by Gasteiger charge is -2.16. The maximum atomic E-state index is 14.9. The number of ketones is 2. The van der Waals surface area contributed by atoms with Crippen LogP contribution in [0.25, 0.3) is 11.1 Å². The SMILES string of the molecule is C#CCC1CC(=O)C(c2c(F)cc(-c3ccc(F)c(F)c3)cc2OC)C1=O. The predicted molar refractivity (Wildman–Crippen MR) is 92.6 cm³/mol. The number of carbonyl (C=O) groups excluding carboxylic acids is 2. The molecule has 2 unspecified atom stereocenters. The summed E-state index contributed by atoms with van der Waals surface area (Å²) in [5.74, 6) is -3.36. The van der Waals surface area contributed by atoms with E-state index < -0.39 is 40.9 Å². The highest BCUT2D eigenvalue weighted by Crippen LogP contribution is 2.41. The molecule has 0 aliphatic heterocycles. The molecule has 6 heteroatoms.